The molecule has 0 radical (unpaired) electrons. The van der Waals surface area contributed by atoms with Gasteiger partial charge in [0, 0.05) is 18.2 Å². The molecular formula is C38H46N2O5. The smallest absolute Gasteiger partial charge is 0.346 e. The van der Waals surface area contributed by atoms with Gasteiger partial charge in [-0.25, -0.2) is 4.79 Å². The van der Waals surface area contributed by atoms with Crippen molar-refractivity contribution in [3.05, 3.63) is 65.7 Å². The summed E-state index contributed by atoms with van der Waals surface area (Å²) in [5.41, 5.74) is 4.11. The third kappa shape index (κ3) is 9.04. The van der Waals surface area contributed by atoms with Gasteiger partial charge in [0.05, 0.1) is 24.6 Å². The van der Waals surface area contributed by atoms with E-state index in [2.05, 4.69) is 37.8 Å². The number of fused-ring (bicyclic) bond motifs is 2. The van der Waals surface area contributed by atoms with Crippen LogP contribution in [0.3, 0.4) is 0 Å². The Morgan fingerprint density at radius 3 is 2.20 bits per heavy atom. The van der Waals surface area contributed by atoms with E-state index in [4.69, 9.17) is 14.2 Å². The van der Waals surface area contributed by atoms with Crippen LogP contribution < -0.4 is 19.1 Å². The fraction of sp³-hybridized carbons (Fsp3) is 0.421. The van der Waals surface area contributed by atoms with Crippen molar-refractivity contribution in [3.8, 4) is 40.2 Å². The van der Waals surface area contributed by atoms with Crippen LogP contribution in [0.25, 0.3) is 17.2 Å². The molecular weight excluding hydrogens is 564 g/mol. The number of carboxylic acids is 1. The predicted octanol–water partition coefficient (Wildman–Crippen LogP) is 10.3. The van der Waals surface area contributed by atoms with Crippen molar-refractivity contribution in [2.75, 3.05) is 24.7 Å². The fourth-order valence-corrected chi connectivity index (χ4v) is 5.37. The van der Waals surface area contributed by atoms with E-state index < -0.39 is 5.97 Å². The zero-order chi connectivity index (χ0) is 32.0. The Morgan fingerprint density at radius 2 is 1.49 bits per heavy atom. The van der Waals surface area contributed by atoms with Gasteiger partial charge in [-0.15, -0.1) is 0 Å². The molecule has 0 saturated carbocycles. The lowest BCUT2D eigenvalue weighted by Gasteiger charge is -2.33. The van der Waals surface area contributed by atoms with E-state index in [1.807, 2.05) is 36.4 Å². The number of nitriles is 1. The molecule has 7 heteroatoms. The highest BCUT2D eigenvalue weighted by atomic mass is 16.5. The molecule has 3 aromatic rings. The first-order chi connectivity index (χ1) is 22.0. The van der Waals surface area contributed by atoms with E-state index in [0.717, 1.165) is 79.1 Å². The van der Waals surface area contributed by atoms with E-state index >= 15 is 0 Å². The maximum Gasteiger partial charge on any atom is 0.346 e. The molecule has 0 unspecified atom stereocenters. The van der Waals surface area contributed by atoms with Gasteiger partial charge >= 0.3 is 5.97 Å². The van der Waals surface area contributed by atoms with Crippen LogP contribution in [0, 0.1) is 11.3 Å². The first-order valence-corrected chi connectivity index (χ1v) is 16.5. The summed E-state index contributed by atoms with van der Waals surface area (Å²) in [4.78, 5) is 13.8. The minimum absolute atomic E-state index is 0.324. The number of unbranched alkanes of at least 4 members (excludes halogenated alkanes) is 7. The molecule has 0 amide bonds. The van der Waals surface area contributed by atoms with Crippen LogP contribution in [-0.4, -0.2) is 30.8 Å². The summed E-state index contributed by atoms with van der Waals surface area (Å²) in [5, 5.41) is 18.7. The molecule has 1 aliphatic rings. The van der Waals surface area contributed by atoms with Crippen LogP contribution in [0.5, 0.6) is 23.0 Å². The molecule has 0 fully saturated rings. The maximum atomic E-state index is 11.5. The Balaban J connectivity index is 1.69. The molecule has 0 atom stereocenters. The van der Waals surface area contributed by atoms with Gasteiger partial charge in [-0.3, -0.25) is 0 Å². The first-order valence-electron chi connectivity index (χ1n) is 16.5. The highest BCUT2D eigenvalue weighted by Crippen LogP contribution is 2.49. The topological polar surface area (TPSA) is 92.0 Å². The van der Waals surface area contributed by atoms with Gasteiger partial charge in [0.25, 0.3) is 0 Å². The van der Waals surface area contributed by atoms with Crippen molar-refractivity contribution >= 4 is 23.4 Å². The molecule has 238 valence electrons. The Bertz CT molecular complexity index is 1510. The first kappa shape index (κ1) is 33.5. The summed E-state index contributed by atoms with van der Waals surface area (Å²) >= 11 is 0. The van der Waals surface area contributed by atoms with E-state index in [-0.39, 0.29) is 5.57 Å². The monoisotopic (exact) mass is 610 g/mol. The molecule has 3 aromatic carbocycles. The summed E-state index contributed by atoms with van der Waals surface area (Å²) in [6, 6.07) is 19.6. The molecule has 7 nitrogen and oxygen atoms in total. The molecule has 0 spiro atoms. The number of aliphatic carboxylic acids is 1. The second-order valence-corrected chi connectivity index (χ2v) is 11.5. The molecule has 4 rings (SSSR count). The Morgan fingerprint density at radius 1 is 0.822 bits per heavy atom. The number of carbonyl (C=O) groups is 1. The maximum absolute atomic E-state index is 11.5. The molecule has 1 heterocycles. The van der Waals surface area contributed by atoms with Crippen LogP contribution in [0.2, 0.25) is 0 Å². The van der Waals surface area contributed by atoms with Crippen molar-refractivity contribution in [1.82, 2.24) is 0 Å². The fourth-order valence-electron chi connectivity index (χ4n) is 5.37. The van der Waals surface area contributed by atoms with Crippen molar-refractivity contribution < 1.29 is 24.1 Å². The zero-order valence-electron chi connectivity index (χ0n) is 26.9. The second kappa shape index (κ2) is 17.2. The summed E-state index contributed by atoms with van der Waals surface area (Å²) in [7, 11) is 0. The highest BCUT2D eigenvalue weighted by Gasteiger charge is 2.25. The largest absolute Gasteiger partial charge is 0.493 e. The van der Waals surface area contributed by atoms with Crippen LogP contribution in [0.4, 0.5) is 11.4 Å². The number of benzene rings is 3. The standard InChI is InChI=1S/C38H46N2O5/c1-4-7-10-11-12-13-20-40-33-18-14-28(23-30(27-39)38(41)42)24-36(33)45-37-25-29(15-19-34(37)40)32-17-16-31(43-21-8-5-2)26-35(32)44-22-9-6-3/h14-19,23-26H,4-13,20-22H2,1-3H3,(H,41,42)/b30-23-. The number of anilines is 2. The lowest BCUT2D eigenvalue weighted by molar-refractivity contribution is -0.132. The Kier molecular flexibility index (Phi) is 12.8. The number of carboxylic acid groups (broad SMARTS) is 1. The minimum atomic E-state index is -1.26. The van der Waals surface area contributed by atoms with E-state index in [0.29, 0.717) is 30.3 Å². The summed E-state index contributed by atoms with van der Waals surface area (Å²) in [6.45, 7) is 8.65. The molecule has 0 aromatic heterocycles. The zero-order valence-corrected chi connectivity index (χ0v) is 26.9. The number of nitrogens with zero attached hydrogens (tertiary/aromatic N) is 2. The van der Waals surface area contributed by atoms with E-state index in [9.17, 15) is 15.2 Å². The van der Waals surface area contributed by atoms with Gasteiger partial charge in [0.1, 0.15) is 23.1 Å². The van der Waals surface area contributed by atoms with Crippen molar-refractivity contribution in [1.29, 1.82) is 5.26 Å². The van der Waals surface area contributed by atoms with Gasteiger partial charge in [-0.1, -0.05) is 77.8 Å². The van der Waals surface area contributed by atoms with Gasteiger partial charge in [-0.05, 0) is 72.9 Å². The predicted molar refractivity (Wildman–Crippen MR) is 181 cm³/mol. The highest BCUT2D eigenvalue weighted by molar-refractivity contribution is 5.96. The Hall–Kier alpha value is -4.44. The molecule has 1 aliphatic heterocycles. The normalized spacial score (nSPS) is 12.1. The van der Waals surface area contributed by atoms with Crippen LogP contribution >= 0.6 is 0 Å². The summed E-state index contributed by atoms with van der Waals surface area (Å²) in [6.07, 6.45) is 12.6. The average Bonchev–Trinajstić information content (AvgIpc) is 3.04. The lowest BCUT2D eigenvalue weighted by Crippen LogP contribution is -2.22. The SMILES string of the molecule is CCCCCCCCN1c2ccc(/C=C(/C#N)C(=O)O)cc2Oc2cc(-c3ccc(OCCCC)cc3OCCCC)ccc21. The number of rotatable bonds is 18. The van der Waals surface area contributed by atoms with Crippen LogP contribution in [-0.2, 0) is 4.79 Å². The van der Waals surface area contributed by atoms with Gasteiger partial charge in [0.15, 0.2) is 11.5 Å². The quantitative estimate of drug-likeness (QED) is 0.0870. The lowest BCUT2D eigenvalue weighted by atomic mass is 10.0. The van der Waals surface area contributed by atoms with E-state index in [1.165, 1.54) is 31.8 Å². The summed E-state index contributed by atoms with van der Waals surface area (Å²) in [5.74, 6) is 1.66. The van der Waals surface area contributed by atoms with Gasteiger partial charge < -0.3 is 24.2 Å². The third-order valence-corrected chi connectivity index (χ3v) is 7.93. The average molecular weight is 611 g/mol. The molecule has 1 N–H and O–H groups in total. The molecule has 0 aliphatic carbocycles. The van der Waals surface area contributed by atoms with Crippen molar-refractivity contribution in [2.24, 2.45) is 0 Å². The minimum Gasteiger partial charge on any atom is -0.493 e. The molecule has 0 saturated heterocycles. The van der Waals surface area contributed by atoms with Gasteiger partial charge in [-0.2, -0.15) is 5.26 Å². The second-order valence-electron chi connectivity index (χ2n) is 11.5. The molecule has 45 heavy (non-hydrogen) atoms. The van der Waals surface area contributed by atoms with Crippen LogP contribution in [0.15, 0.2) is 60.2 Å². The van der Waals surface area contributed by atoms with E-state index in [1.54, 1.807) is 12.1 Å². The van der Waals surface area contributed by atoms with Crippen LogP contribution in [0.1, 0.15) is 90.5 Å². The number of hydrogen-bond donors (Lipinski definition) is 1. The van der Waals surface area contributed by atoms with Gasteiger partial charge in [0.2, 0.25) is 0 Å². The number of hydrogen-bond acceptors (Lipinski definition) is 6. The Labute approximate surface area is 268 Å². The molecule has 0 bridgehead atoms. The third-order valence-electron chi connectivity index (χ3n) is 7.93. The summed E-state index contributed by atoms with van der Waals surface area (Å²) < 4.78 is 18.8. The number of ether oxygens (including phenoxy) is 3. The van der Waals surface area contributed by atoms with Crippen molar-refractivity contribution in [2.45, 2.75) is 85.0 Å². The van der Waals surface area contributed by atoms with Crippen molar-refractivity contribution in [3.63, 3.8) is 0 Å².